The number of ether oxygens (including phenoxy) is 2. The molecule has 174 valence electrons. The van der Waals surface area contributed by atoms with E-state index in [9.17, 15) is 13.2 Å². The summed E-state index contributed by atoms with van der Waals surface area (Å²) < 4.78 is 39.9. The number of aromatic amines is 1. The number of benzene rings is 2. The zero-order chi connectivity index (χ0) is 23.5. The van der Waals surface area contributed by atoms with Gasteiger partial charge in [-0.3, -0.25) is 4.79 Å². The minimum absolute atomic E-state index is 0.106. The monoisotopic (exact) mass is 468 g/mol. The smallest absolute Gasteiger partial charge is 0.243 e. The molecule has 0 unspecified atom stereocenters. The van der Waals surface area contributed by atoms with Crippen LogP contribution in [0.2, 0.25) is 0 Å². The van der Waals surface area contributed by atoms with Gasteiger partial charge in [0.2, 0.25) is 10.0 Å². The second-order valence-corrected chi connectivity index (χ2v) is 11.9. The van der Waals surface area contributed by atoms with Crippen molar-refractivity contribution in [3.05, 3.63) is 53.2 Å². The van der Waals surface area contributed by atoms with Crippen LogP contribution in [0.3, 0.4) is 0 Å². The number of carbonyl (C=O) groups excluding carboxylic acids is 1. The van der Waals surface area contributed by atoms with Gasteiger partial charge in [-0.15, -0.1) is 0 Å². The number of fused-ring (bicyclic) bond motifs is 4. The van der Waals surface area contributed by atoms with Crippen LogP contribution in [0.25, 0.3) is 10.9 Å². The highest BCUT2D eigenvalue weighted by molar-refractivity contribution is 7.89. The molecule has 0 bridgehead atoms. The van der Waals surface area contributed by atoms with Crippen LogP contribution in [-0.4, -0.2) is 49.8 Å². The van der Waals surface area contributed by atoms with E-state index in [1.54, 1.807) is 20.0 Å². The highest BCUT2D eigenvalue weighted by Crippen LogP contribution is 2.39. The third-order valence-corrected chi connectivity index (χ3v) is 8.43. The van der Waals surface area contributed by atoms with Crippen molar-refractivity contribution in [1.29, 1.82) is 0 Å². The number of nitrogens with one attached hydrogen (secondary N) is 1. The van der Waals surface area contributed by atoms with E-state index >= 15 is 0 Å². The fourth-order valence-corrected chi connectivity index (χ4v) is 6.32. The maximum absolute atomic E-state index is 13.5. The van der Waals surface area contributed by atoms with E-state index < -0.39 is 16.1 Å². The highest BCUT2D eigenvalue weighted by Gasteiger charge is 2.35. The number of ketones is 1. The van der Waals surface area contributed by atoms with E-state index in [1.165, 1.54) is 4.31 Å². The topological polar surface area (TPSA) is 88.7 Å². The molecule has 0 fully saturated rings. The van der Waals surface area contributed by atoms with Crippen molar-refractivity contribution in [2.75, 3.05) is 20.2 Å². The van der Waals surface area contributed by atoms with Crippen molar-refractivity contribution in [3.8, 4) is 11.5 Å². The molecule has 1 aliphatic carbocycles. The molecule has 2 aliphatic rings. The summed E-state index contributed by atoms with van der Waals surface area (Å²) in [6, 6.07) is 10.8. The molecule has 1 aliphatic heterocycles. The van der Waals surface area contributed by atoms with Crippen molar-refractivity contribution >= 4 is 26.7 Å². The van der Waals surface area contributed by atoms with E-state index in [0.29, 0.717) is 34.6 Å². The molecule has 1 N–H and O–H groups in total. The predicted molar refractivity (Wildman–Crippen MR) is 126 cm³/mol. The molecule has 0 amide bonds. The summed E-state index contributed by atoms with van der Waals surface area (Å²) >= 11 is 0. The van der Waals surface area contributed by atoms with Gasteiger partial charge in [-0.25, -0.2) is 8.42 Å². The first-order valence-electron chi connectivity index (χ1n) is 11.1. The molecule has 3 aromatic rings. The van der Waals surface area contributed by atoms with Gasteiger partial charge < -0.3 is 14.5 Å². The number of hydrogen-bond donors (Lipinski definition) is 1. The van der Waals surface area contributed by atoms with Crippen molar-refractivity contribution in [2.45, 2.75) is 44.6 Å². The predicted octanol–water partition coefficient (Wildman–Crippen LogP) is 4.09. The van der Waals surface area contributed by atoms with Crippen LogP contribution in [0.4, 0.5) is 0 Å². The van der Waals surface area contributed by atoms with Crippen molar-refractivity contribution in [3.63, 3.8) is 0 Å². The number of likely N-dealkylation sites (N-methyl/N-ethyl adjacent to an activating group) is 1. The number of sulfonamides is 1. The fraction of sp³-hybridized carbons (Fsp3) is 0.400. The summed E-state index contributed by atoms with van der Waals surface area (Å²) in [5.74, 6) is 1.38. The largest absolute Gasteiger partial charge is 0.486 e. The Morgan fingerprint density at radius 1 is 1.15 bits per heavy atom. The first-order chi connectivity index (χ1) is 15.5. The summed E-state index contributed by atoms with van der Waals surface area (Å²) in [5.41, 5.74) is 2.77. The Hall–Kier alpha value is -2.84. The summed E-state index contributed by atoms with van der Waals surface area (Å²) in [6.45, 7) is 6.35. The molecular formula is C25H28N2O5S. The number of Topliss-reactive ketones (excluding diaryl/α,β-unsaturated/α-hetero) is 1. The van der Waals surface area contributed by atoms with E-state index in [-0.39, 0.29) is 29.2 Å². The van der Waals surface area contributed by atoms with Crippen molar-refractivity contribution < 1.29 is 22.7 Å². The van der Waals surface area contributed by atoms with Crippen LogP contribution in [0.5, 0.6) is 11.5 Å². The van der Waals surface area contributed by atoms with E-state index in [0.717, 1.165) is 17.5 Å². The van der Waals surface area contributed by atoms with Gasteiger partial charge in [0.1, 0.15) is 12.7 Å². The molecular weight excluding hydrogens is 440 g/mol. The third kappa shape index (κ3) is 3.81. The average Bonchev–Trinajstić information content (AvgIpc) is 3.08. The molecule has 0 saturated heterocycles. The normalized spacial score (nSPS) is 19.7. The van der Waals surface area contributed by atoms with Crippen LogP contribution in [0, 0.1) is 12.3 Å². The van der Waals surface area contributed by atoms with Crippen LogP contribution in [0.1, 0.15) is 41.9 Å². The zero-order valence-corrected chi connectivity index (χ0v) is 20.1. The molecule has 33 heavy (non-hydrogen) atoms. The second-order valence-electron chi connectivity index (χ2n) is 9.87. The van der Waals surface area contributed by atoms with Gasteiger partial charge >= 0.3 is 0 Å². The maximum Gasteiger partial charge on any atom is 0.243 e. The second kappa shape index (κ2) is 7.60. The lowest BCUT2D eigenvalue weighted by Gasteiger charge is -2.29. The lowest BCUT2D eigenvalue weighted by atomic mass is 9.76. The van der Waals surface area contributed by atoms with Gasteiger partial charge in [0.25, 0.3) is 0 Å². The molecule has 0 radical (unpaired) electrons. The molecule has 1 atom stereocenters. The standard InChI is InChI=1S/C25H28N2O5S/c1-15-9-17-18(26-19-11-25(2,3)12-20(28)24(17)19)10-23(15)33(29,30)27(4)13-16-14-31-21-7-5-6-8-22(21)32-16/h5-10,16,26H,11-14H2,1-4H3/t16-/m1/s1. The Balaban J connectivity index is 1.44. The number of carbonyl (C=O) groups is 1. The van der Waals surface area contributed by atoms with Gasteiger partial charge in [-0.05, 0) is 48.6 Å². The van der Waals surface area contributed by atoms with Gasteiger partial charge in [0.05, 0.1) is 11.4 Å². The van der Waals surface area contributed by atoms with Crippen molar-refractivity contribution in [1.82, 2.24) is 9.29 Å². The van der Waals surface area contributed by atoms with E-state index in [1.807, 2.05) is 30.3 Å². The van der Waals surface area contributed by atoms with Crippen LogP contribution < -0.4 is 9.47 Å². The fourth-order valence-electron chi connectivity index (χ4n) is 4.88. The molecule has 7 nitrogen and oxygen atoms in total. The van der Waals surface area contributed by atoms with Gasteiger partial charge in [-0.1, -0.05) is 26.0 Å². The summed E-state index contributed by atoms with van der Waals surface area (Å²) in [7, 11) is -2.23. The van der Waals surface area contributed by atoms with Gasteiger partial charge in [0, 0.05) is 35.6 Å². The average molecular weight is 469 g/mol. The lowest BCUT2D eigenvalue weighted by Crippen LogP contribution is -2.41. The van der Waals surface area contributed by atoms with Crippen LogP contribution in [-0.2, 0) is 16.4 Å². The Bertz CT molecular complexity index is 1370. The first-order valence-corrected chi connectivity index (χ1v) is 12.5. The number of rotatable bonds is 4. The number of aryl methyl sites for hydroxylation is 1. The Kier molecular flexibility index (Phi) is 5.06. The molecule has 0 spiro atoms. The van der Waals surface area contributed by atoms with Crippen LogP contribution >= 0.6 is 0 Å². The third-order valence-electron chi connectivity index (χ3n) is 6.46. The lowest BCUT2D eigenvalue weighted by molar-refractivity contribution is 0.0798. The molecule has 5 rings (SSSR count). The van der Waals surface area contributed by atoms with Gasteiger partial charge in [0.15, 0.2) is 17.3 Å². The number of H-pyrrole nitrogens is 1. The Morgan fingerprint density at radius 2 is 1.88 bits per heavy atom. The number of para-hydroxylation sites is 2. The number of aromatic nitrogens is 1. The SMILES string of the molecule is Cc1cc2c3c([nH]c2cc1S(=O)(=O)N(C)C[C@@H]1COc2ccccc2O1)CC(C)(C)CC3=O. The maximum atomic E-state index is 13.5. The minimum atomic E-state index is -3.78. The molecule has 8 heteroatoms. The zero-order valence-electron chi connectivity index (χ0n) is 19.3. The first kappa shape index (κ1) is 22.0. The van der Waals surface area contributed by atoms with E-state index in [2.05, 4.69) is 18.8 Å². The Morgan fingerprint density at radius 3 is 2.64 bits per heavy atom. The Labute approximate surface area is 193 Å². The van der Waals surface area contributed by atoms with E-state index in [4.69, 9.17) is 9.47 Å². The summed E-state index contributed by atoms with van der Waals surface area (Å²) in [5, 5.41) is 0.797. The number of nitrogens with zero attached hydrogens (tertiary/aromatic N) is 1. The summed E-state index contributed by atoms with van der Waals surface area (Å²) in [4.78, 5) is 16.4. The molecule has 0 saturated carbocycles. The van der Waals surface area contributed by atoms with Crippen molar-refractivity contribution in [2.24, 2.45) is 5.41 Å². The molecule has 2 heterocycles. The summed E-state index contributed by atoms with van der Waals surface area (Å²) in [6.07, 6.45) is 0.826. The van der Waals surface area contributed by atoms with Crippen LogP contribution in [0.15, 0.2) is 41.3 Å². The highest BCUT2D eigenvalue weighted by atomic mass is 32.2. The number of hydrogen-bond acceptors (Lipinski definition) is 5. The minimum Gasteiger partial charge on any atom is -0.486 e. The molecule has 1 aromatic heterocycles. The molecule has 2 aromatic carbocycles. The quantitative estimate of drug-likeness (QED) is 0.623. The van der Waals surface area contributed by atoms with Gasteiger partial charge in [-0.2, -0.15) is 4.31 Å².